The molecule has 1 N–H and O–H groups in total. The van der Waals surface area contributed by atoms with Crippen LogP contribution in [0.15, 0.2) is 27.8 Å². The first-order chi connectivity index (χ1) is 7.21. The first-order valence-corrected chi connectivity index (χ1v) is 4.08. The topological polar surface area (TPSA) is 54.9 Å². The molecule has 1 aromatic rings. The first kappa shape index (κ1) is 12.3. The lowest BCUT2D eigenvalue weighted by atomic mass is 9.80. The highest BCUT2D eigenvalue weighted by Gasteiger charge is 2.27. The van der Waals surface area contributed by atoms with Crippen LogP contribution in [0.3, 0.4) is 0 Å². The Balaban J connectivity index is 3.09. The fourth-order valence-corrected chi connectivity index (χ4v) is 0.922. The Bertz CT molecular complexity index is 530. The molecule has 9 heteroatoms. The van der Waals surface area contributed by atoms with Gasteiger partial charge in [-0.15, -0.1) is 12.1 Å². The van der Waals surface area contributed by atoms with Crippen molar-refractivity contribution in [3.63, 3.8) is 0 Å². The van der Waals surface area contributed by atoms with E-state index in [0.29, 0.717) is 10.8 Å². The summed E-state index contributed by atoms with van der Waals surface area (Å²) in [5, 5.41) is 0. The van der Waals surface area contributed by atoms with Crippen LogP contribution >= 0.6 is 0 Å². The lowest BCUT2D eigenvalue weighted by Gasteiger charge is -2.18. The highest BCUT2D eigenvalue weighted by molar-refractivity contribution is 6.66. The molecule has 88 valence electrons. The minimum Gasteiger partial charge on any atom is -0.445 e. The van der Waals surface area contributed by atoms with Gasteiger partial charge in [0.15, 0.2) is 0 Å². The SMILES string of the molecule is C=C(Cn1cc(F)c(=O)[nH]c1=O)[B-](F)(F)F. The van der Waals surface area contributed by atoms with E-state index in [4.69, 9.17) is 0 Å². The summed E-state index contributed by atoms with van der Waals surface area (Å²) in [6, 6.07) is 0. The molecule has 4 nitrogen and oxygen atoms in total. The molecule has 0 atom stereocenters. The van der Waals surface area contributed by atoms with Gasteiger partial charge in [-0.05, 0) is 0 Å². The predicted octanol–water partition coefficient (Wildman–Crippen LogP) is 0.619. The van der Waals surface area contributed by atoms with Crippen LogP contribution in [0.5, 0.6) is 0 Å². The van der Waals surface area contributed by atoms with Crippen molar-refractivity contribution < 1.29 is 17.3 Å². The normalized spacial score (nSPS) is 11.5. The fraction of sp³-hybridized carbons (Fsp3) is 0.143. The summed E-state index contributed by atoms with van der Waals surface area (Å²) in [6.45, 7) is -3.46. The number of hydrogen-bond donors (Lipinski definition) is 1. The van der Waals surface area contributed by atoms with Crippen molar-refractivity contribution in [1.29, 1.82) is 0 Å². The maximum absolute atomic E-state index is 12.7. The van der Waals surface area contributed by atoms with Crippen molar-refractivity contribution in [3.8, 4) is 0 Å². The Morgan fingerprint density at radius 3 is 2.50 bits per heavy atom. The molecule has 0 fully saturated rings. The molecular weight excluding hydrogens is 231 g/mol. The van der Waals surface area contributed by atoms with Gasteiger partial charge in [-0.3, -0.25) is 14.3 Å². The van der Waals surface area contributed by atoms with Crippen LogP contribution in [0.2, 0.25) is 0 Å². The smallest absolute Gasteiger partial charge is 0.445 e. The Morgan fingerprint density at radius 2 is 2.00 bits per heavy atom. The van der Waals surface area contributed by atoms with Gasteiger partial charge < -0.3 is 12.9 Å². The third-order valence-electron chi connectivity index (χ3n) is 1.80. The number of nitrogens with one attached hydrogen (secondary N) is 1. The molecule has 1 rings (SSSR count). The standard InChI is InChI=1S/C7H6BF4N2O2/c1-4(8(10,11)12)2-14-3-5(9)6(15)13-7(14)16/h3H,1-2H2,(H,13,15,16)/q-1. The average Bonchev–Trinajstić information content (AvgIpc) is 2.12. The summed E-state index contributed by atoms with van der Waals surface area (Å²) < 4.78 is 49.5. The number of halogens is 4. The summed E-state index contributed by atoms with van der Waals surface area (Å²) >= 11 is 0. The van der Waals surface area contributed by atoms with E-state index < -0.39 is 36.1 Å². The van der Waals surface area contributed by atoms with Crippen LogP contribution in [-0.2, 0) is 6.54 Å². The van der Waals surface area contributed by atoms with Crippen molar-refractivity contribution in [2.45, 2.75) is 6.54 Å². The Kier molecular flexibility index (Phi) is 3.06. The third kappa shape index (κ3) is 2.62. The molecule has 0 saturated carbocycles. The predicted molar refractivity (Wildman–Crippen MR) is 49.5 cm³/mol. The van der Waals surface area contributed by atoms with Crippen LogP contribution in [0.25, 0.3) is 0 Å². The second kappa shape index (κ2) is 3.99. The van der Waals surface area contributed by atoms with Gasteiger partial charge in [-0.1, -0.05) is 0 Å². The Hall–Kier alpha value is -1.80. The van der Waals surface area contributed by atoms with Gasteiger partial charge in [0.05, 0.1) is 6.20 Å². The molecule has 0 aliphatic carbocycles. The third-order valence-corrected chi connectivity index (χ3v) is 1.80. The van der Waals surface area contributed by atoms with Crippen LogP contribution in [0.1, 0.15) is 0 Å². The number of aromatic amines is 1. The zero-order valence-electron chi connectivity index (χ0n) is 7.84. The Morgan fingerprint density at radius 1 is 1.44 bits per heavy atom. The molecule has 0 aromatic carbocycles. The van der Waals surface area contributed by atoms with Gasteiger partial charge in [0.1, 0.15) is 0 Å². The van der Waals surface area contributed by atoms with Gasteiger partial charge in [-0.2, -0.15) is 4.39 Å². The van der Waals surface area contributed by atoms with Gasteiger partial charge in [0.2, 0.25) is 5.82 Å². The maximum Gasteiger partial charge on any atom is 0.506 e. The maximum atomic E-state index is 12.7. The second-order valence-corrected chi connectivity index (χ2v) is 3.10. The van der Waals surface area contributed by atoms with E-state index in [1.54, 1.807) is 0 Å². The van der Waals surface area contributed by atoms with E-state index in [-0.39, 0.29) is 0 Å². The summed E-state index contributed by atoms with van der Waals surface area (Å²) in [5.41, 5.74) is -3.55. The number of aromatic nitrogens is 2. The van der Waals surface area contributed by atoms with Crippen LogP contribution < -0.4 is 11.2 Å². The number of allylic oxidation sites excluding steroid dienone is 1. The van der Waals surface area contributed by atoms with E-state index in [2.05, 4.69) is 6.58 Å². The molecule has 0 saturated heterocycles. The summed E-state index contributed by atoms with van der Waals surface area (Å²) in [5.74, 6) is -1.33. The van der Waals surface area contributed by atoms with Crippen molar-refractivity contribution in [3.05, 3.63) is 44.9 Å². The van der Waals surface area contributed by atoms with E-state index >= 15 is 0 Å². The molecule has 0 unspecified atom stereocenters. The van der Waals surface area contributed by atoms with Crippen LogP contribution in [-0.4, -0.2) is 16.5 Å². The van der Waals surface area contributed by atoms with Crippen molar-refractivity contribution in [1.82, 2.24) is 9.55 Å². The van der Waals surface area contributed by atoms with Crippen LogP contribution in [0, 0.1) is 5.82 Å². The highest BCUT2D eigenvalue weighted by Crippen LogP contribution is 2.18. The quantitative estimate of drug-likeness (QED) is 0.618. The van der Waals surface area contributed by atoms with Crippen molar-refractivity contribution in [2.75, 3.05) is 0 Å². The summed E-state index contributed by atoms with van der Waals surface area (Å²) in [7, 11) is 0. The number of nitrogens with zero attached hydrogens (tertiary/aromatic N) is 1. The number of hydrogen-bond acceptors (Lipinski definition) is 2. The molecule has 0 bridgehead atoms. The van der Waals surface area contributed by atoms with Gasteiger partial charge in [0.25, 0.3) is 5.56 Å². The molecule has 0 radical (unpaired) electrons. The number of H-pyrrole nitrogens is 1. The fourth-order valence-electron chi connectivity index (χ4n) is 0.922. The van der Waals surface area contributed by atoms with E-state index in [1.165, 1.54) is 4.98 Å². The summed E-state index contributed by atoms with van der Waals surface area (Å²) in [4.78, 5) is 23.1. The Labute approximate surface area is 86.3 Å². The molecule has 1 heterocycles. The molecule has 0 amide bonds. The first-order valence-electron chi connectivity index (χ1n) is 4.08. The highest BCUT2D eigenvalue weighted by atomic mass is 19.4. The zero-order valence-corrected chi connectivity index (χ0v) is 7.84. The van der Waals surface area contributed by atoms with Crippen molar-refractivity contribution >= 4 is 6.98 Å². The van der Waals surface area contributed by atoms with Crippen molar-refractivity contribution in [2.24, 2.45) is 0 Å². The minimum absolute atomic E-state index is 0.397. The second-order valence-electron chi connectivity index (χ2n) is 3.10. The molecule has 0 spiro atoms. The molecule has 16 heavy (non-hydrogen) atoms. The zero-order chi connectivity index (χ0) is 12.5. The summed E-state index contributed by atoms with van der Waals surface area (Å²) in [6.07, 6.45) is 0.411. The lowest BCUT2D eigenvalue weighted by Crippen LogP contribution is -2.34. The van der Waals surface area contributed by atoms with E-state index in [1.807, 2.05) is 0 Å². The van der Waals surface area contributed by atoms with Crippen LogP contribution in [0.4, 0.5) is 17.3 Å². The van der Waals surface area contributed by atoms with E-state index in [0.717, 1.165) is 0 Å². The molecule has 1 aromatic heterocycles. The van der Waals surface area contributed by atoms with E-state index in [9.17, 15) is 26.9 Å². The molecular formula is C7H6BF4N2O2-. The average molecular weight is 237 g/mol. The molecule has 0 aliphatic heterocycles. The number of rotatable bonds is 3. The lowest BCUT2D eigenvalue weighted by molar-refractivity contribution is 0.479. The minimum atomic E-state index is -5.30. The van der Waals surface area contributed by atoms with Gasteiger partial charge >= 0.3 is 12.7 Å². The monoisotopic (exact) mass is 237 g/mol. The molecule has 0 aliphatic rings. The van der Waals surface area contributed by atoms with Gasteiger partial charge in [-0.25, -0.2) is 4.79 Å². The largest absolute Gasteiger partial charge is 0.506 e. The van der Waals surface area contributed by atoms with Gasteiger partial charge in [0, 0.05) is 6.54 Å².